The van der Waals surface area contributed by atoms with Crippen molar-refractivity contribution < 1.29 is 9.90 Å². The van der Waals surface area contributed by atoms with Crippen LogP contribution in [0.25, 0.3) is 0 Å². The molecule has 1 amide bonds. The van der Waals surface area contributed by atoms with Gasteiger partial charge in [-0.3, -0.25) is 10.1 Å². The first-order chi connectivity index (χ1) is 7.63. The Morgan fingerprint density at radius 2 is 2.31 bits per heavy atom. The maximum atomic E-state index is 11.4. The van der Waals surface area contributed by atoms with E-state index in [2.05, 4.69) is 16.6 Å². The number of phenolic OH excluding ortho intramolecular Hbond substituents is 1. The predicted octanol–water partition coefficient (Wildman–Crippen LogP) is 0.862. The lowest BCUT2D eigenvalue weighted by atomic mass is 10.2. The van der Waals surface area contributed by atoms with Crippen molar-refractivity contribution in [2.45, 2.75) is 6.92 Å². The van der Waals surface area contributed by atoms with Crippen molar-refractivity contribution in [3.8, 4) is 18.1 Å². The molecule has 1 aromatic rings. The lowest BCUT2D eigenvalue weighted by molar-refractivity contribution is -0.115. The van der Waals surface area contributed by atoms with E-state index in [4.69, 9.17) is 6.42 Å². The van der Waals surface area contributed by atoms with Crippen LogP contribution in [0.5, 0.6) is 5.75 Å². The number of phenols is 1. The molecular formula is C12H14N2O2. The number of hydrogen-bond donors (Lipinski definition) is 3. The van der Waals surface area contributed by atoms with Gasteiger partial charge in [-0.25, -0.2) is 0 Å². The zero-order valence-electron chi connectivity index (χ0n) is 9.08. The van der Waals surface area contributed by atoms with Gasteiger partial charge in [0, 0.05) is 11.8 Å². The third kappa shape index (κ3) is 3.64. The third-order valence-corrected chi connectivity index (χ3v) is 2.01. The van der Waals surface area contributed by atoms with Crippen molar-refractivity contribution in [3.63, 3.8) is 0 Å². The number of rotatable bonds is 4. The number of benzene rings is 1. The zero-order chi connectivity index (χ0) is 12.0. The Labute approximate surface area is 94.7 Å². The highest BCUT2D eigenvalue weighted by molar-refractivity contribution is 5.92. The van der Waals surface area contributed by atoms with Crippen molar-refractivity contribution in [3.05, 3.63) is 23.8 Å². The molecule has 0 aliphatic heterocycles. The minimum atomic E-state index is -0.196. The fraction of sp³-hybridized carbons (Fsp3) is 0.250. The Morgan fingerprint density at radius 3 is 2.94 bits per heavy atom. The van der Waals surface area contributed by atoms with E-state index in [9.17, 15) is 9.90 Å². The summed E-state index contributed by atoms with van der Waals surface area (Å²) in [6.45, 7) is 2.29. The van der Waals surface area contributed by atoms with Gasteiger partial charge in [0.25, 0.3) is 0 Å². The van der Waals surface area contributed by atoms with E-state index in [1.807, 2.05) is 0 Å². The number of aryl methyl sites for hydroxylation is 1. The summed E-state index contributed by atoms with van der Waals surface area (Å²) in [4.78, 5) is 11.4. The van der Waals surface area contributed by atoms with Crippen LogP contribution in [-0.4, -0.2) is 24.1 Å². The van der Waals surface area contributed by atoms with E-state index in [1.54, 1.807) is 19.1 Å². The standard InChI is InChI=1S/C12H14N2O2/c1-3-6-13-8-12(16)14-10-5-4-9(2)11(15)7-10/h1,4-5,7,13,15H,6,8H2,2H3,(H,14,16). The molecule has 16 heavy (non-hydrogen) atoms. The summed E-state index contributed by atoms with van der Waals surface area (Å²) in [6.07, 6.45) is 5.03. The fourth-order valence-electron chi connectivity index (χ4n) is 1.14. The molecule has 1 rings (SSSR count). The van der Waals surface area contributed by atoms with E-state index in [0.717, 1.165) is 5.56 Å². The highest BCUT2D eigenvalue weighted by Gasteiger charge is 2.03. The van der Waals surface area contributed by atoms with E-state index in [-0.39, 0.29) is 18.2 Å². The summed E-state index contributed by atoms with van der Waals surface area (Å²) in [5.74, 6) is 2.34. The molecule has 0 saturated carbocycles. The van der Waals surface area contributed by atoms with Crippen LogP contribution in [0, 0.1) is 19.3 Å². The summed E-state index contributed by atoms with van der Waals surface area (Å²) < 4.78 is 0. The Kier molecular flexibility index (Phi) is 4.37. The zero-order valence-corrected chi connectivity index (χ0v) is 9.08. The van der Waals surface area contributed by atoms with Crippen molar-refractivity contribution in [1.29, 1.82) is 0 Å². The van der Waals surface area contributed by atoms with Crippen LogP contribution in [0.2, 0.25) is 0 Å². The number of carbonyl (C=O) groups excluding carboxylic acids is 1. The number of amides is 1. The average Bonchev–Trinajstić information content (AvgIpc) is 2.24. The van der Waals surface area contributed by atoms with Crippen LogP contribution in [0.3, 0.4) is 0 Å². The second-order valence-electron chi connectivity index (χ2n) is 3.36. The van der Waals surface area contributed by atoms with Gasteiger partial charge in [0.1, 0.15) is 5.75 Å². The van der Waals surface area contributed by atoms with Gasteiger partial charge < -0.3 is 10.4 Å². The number of hydrogen-bond acceptors (Lipinski definition) is 3. The van der Waals surface area contributed by atoms with Crippen LogP contribution in [0.15, 0.2) is 18.2 Å². The van der Waals surface area contributed by atoms with Gasteiger partial charge in [-0.05, 0) is 18.6 Å². The van der Waals surface area contributed by atoms with Gasteiger partial charge in [0.2, 0.25) is 5.91 Å². The van der Waals surface area contributed by atoms with E-state index in [0.29, 0.717) is 12.2 Å². The van der Waals surface area contributed by atoms with Gasteiger partial charge in [0.05, 0.1) is 13.1 Å². The third-order valence-electron chi connectivity index (χ3n) is 2.01. The molecule has 0 bridgehead atoms. The Morgan fingerprint density at radius 1 is 1.56 bits per heavy atom. The van der Waals surface area contributed by atoms with Gasteiger partial charge >= 0.3 is 0 Å². The first-order valence-electron chi connectivity index (χ1n) is 4.87. The molecule has 4 heteroatoms. The lowest BCUT2D eigenvalue weighted by Crippen LogP contribution is -2.28. The van der Waals surface area contributed by atoms with Crippen molar-refractivity contribution >= 4 is 11.6 Å². The number of aromatic hydroxyl groups is 1. The van der Waals surface area contributed by atoms with Crippen molar-refractivity contribution in [1.82, 2.24) is 5.32 Å². The molecule has 0 aliphatic carbocycles. The molecular weight excluding hydrogens is 204 g/mol. The lowest BCUT2D eigenvalue weighted by Gasteiger charge is -2.06. The average molecular weight is 218 g/mol. The maximum absolute atomic E-state index is 11.4. The minimum absolute atomic E-state index is 0.152. The molecule has 0 spiro atoms. The molecule has 0 heterocycles. The summed E-state index contributed by atoms with van der Waals surface area (Å²) in [5, 5.41) is 14.8. The summed E-state index contributed by atoms with van der Waals surface area (Å²) in [5.41, 5.74) is 1.33. The predicted molar refractivity (Wildman–Crippen MR) is 63.2 cm³/mol. The molecule has 0 saturated heterocycles. The van der Waals surface area contributed by atoms with Crippen molar-refractivity contribution in [2.75, 3.05) is 18.4 Å². The Bertz CT molecular complexity index is 422. The summed E-state index contributed by atoms with van der Waals surface area (Å²) >= 11 is 0. The quantitative estimate of drug-likeness (QED) is 0.519. The molecule has 1 aromatic carbocycles. The maximum Gasteiger partial charge on any atom is 0.238 e. The molecule has 0 aliphatic rings. The molecule has 4 nitrogen and oxygen atoms in total. The molecule has 84 valence electrons. The Balaban J connectivity index is 2.50. The van der Waals surface area contributed by atoms with Crippen LogP contribution in [0.4, 0.5) is 5.69 Å². The number of carbonyl (C=O) groups is 1. The Hall–Kier alpha value is -1.99. The van der Waals surface area contributed by atoms with Gasteiger partial charge in [0.15, 0.2) is 0 Å². The minimum Gasteiger partial charge on any atom is -0.508 e. The van der Waals surface area contributed by atoms with E-state index < -0.39 is 0 Å². The monoisotopic (exact) mass is 218 g/mol. The molecule has 0 atom stereocenters. The number of nitrogens with one attached hydrogen (secondary N) is 2. The second-order valence-corrected chi connectivity index (χ2v) is 3.36. The van der Waals surface area contributed by atoms with Crippen LogP contribution >= 0.6 is 0 Å². The summed E-state index contributed by atoms with van der Waals surface area (Å²) in [6, 6.07) is 4.97. The largest absolute Gasteiger partial charge is 0.508 e. The number of terminal acetylenes is 1. The number of anilines is 1. The van der Waals surface area contributed by atoms with E-state index in [1.165, 1.54) is 6.07 Å². The smallest absolute Gasteiger partial charge is 0.238 e. The first kappa shape index (κ1) is 12.1. The molecule has 0 radical (unpaired) electrons. The summed E-state index contributed by atoms with van der Waals surface area (Å²) in [7, 11) is 0. The molecule has 0 fully saturated rings. The van der Waals surface area contributed by atoms with Crippen LogP contribution < -0.4 is 10.6 Å². The topological polar surface area (TPSA) is 61.4 Å². The van der Waals surface area contributed by atoms with E-state index >= 15 is 0 Å². The van der Waals surface area contributed by atoms with Gasteiger partial charge in [-0.15, -0.1) is 6.42 Å². The highest BCUT2D eigenvalue weighted by Crippen LogP contribution is 2.20. The SMILES string of the molecule is C#CCNCC(=O)Nc1ccc(C)c(O)c1. The molecule has 0 aromatic heterocycles. The molecule has 0 unspecified atom stereocenters. The molecule has 3 N–H and O–H groups in total. The van der Waals surface area contributed by atoms with Gasteiger partial charge in [-0.2, -0.15) is 0 Å². The highest BCUT2D eigenvalue weighted by atomic mass is 16.3. The first-order valence-corrected chi connectivity index (χ1v) is 4.87. The van der Waals surface area contributed by atoms with Crippen molar-refractivity contribution in [2.24, 2.45) is 0 Å². The van der Waals surface area contributed by atoms with Gasteiger partial charge in [-0.1, -0.05) is 12.0 Å². The normalized spacial score (nSPS) is 9.50. The van der Waals surface area contributed by atoms with Crippen LogP contribution in [-0.2, 0) is 4.79 Å². The van der Waals surface area contributed by atoms with Crippen LogP contribution in [0.1, 0.15) is 5.56 Å². The fourth-order valence-corrected chi connectivity index (χ4v) is 1.14. The second kappa shape index (κ2) is 5.79.